The van der Waals surface area contributed by atoms with Gasteiger partial charge in [-0.2, -0.15) is 0 Å². The second kappa shape index (κ2) is 8.42. The fourth-order valence-electron chi connectivity index (χ4n) is 2.48. The van der Waals surface area contributed by atoms with E-state index in [1.54, 1.807) is 34.6 Å². The molecule has 1 rings (SSSR count). The SMILES string of the molecule is CC(C)OC(=O)C1CCC(C(=N[S@@+]([O-])C(C)(C)C)C(F)F)CC1. The van der Waals surface area contributed by atoms with Gasteiger partial charge < -0.3 is 9.29 Å². The van der Waals surface area contributed by atoms with Crippen molar-refractivity contribution in [2.24, 2.45) is 16.2 Å². The van der Waals surface area contributed by atoms with E-state index in [0.29, 0.717) is 25.7 Å². The summed E-state index contributed by atoms with van der Waals surface area (Å²) in [6.07, 6.45) is -0.989. The number of hydrogen-bond donors (Lipinski definition) is 0. The summed E-state index contributed by atoms with van der Waals surface area (Å²) in [7, 11) is 0. The van der Waals surface area contributed by atoms with Crippen LogP contribution < -0.4 is 0 Å². The third-order valence-corrected chi connectivity index (χ3v) is 5.19. The van der Waals surface area contributed by atoms with Crippen LogP contribution in [0.3, 0.4) is 0 Å². The second-order valence-electron chi connectivity index (χ2n) is 7.21. The number of nitrogens with zero attached hydrogens (tertiary/aromatic N) is 1. The highest BCUT2D eigenvalue weighted by Gasteiger charge is 2.36. The van der Waals surface area contributed by atoms with E-state index in [9.17, 15) is 18.1 Å². The summed E-state index contributed by atoms with van der Waals surface area (Å²) in [4.78, 5) is 11.9. The first-order valence-corrected chi connectivity index (χ1v) is 9.12. The van der Waals surface area contributed by atoms with Gasteiger partial charge in [-0.1, -0.05) is 4.40 Å². The second-order valence-corrected chi connectivity index (χ2v) is 9.12. The molecule has 0 saturated heterocycles. The summed E-state index contributed by atoms with van der Waals surface area (Å²) in [5, 5.41) is 0. The Morgan fingerprint density at radius 2 is 1.65 bits per heavy atom. The van der Waals surface area contributed by atoms with Crippen molar-refractivity contribution in [3.63, 3.8) is 0 Å². The van der Waals surface area contributed by atoms with Crippen molar-refractivity contribution in [1.29, 1.82) is 0 Å². The van der Waals surface area contributed by atoms with Crippen LogP contribution in [0.15, 0.2) is 4.40 Å². The maximum atomic E-state index is 13.3. The van der Waals surface area contributed by atoms with Crippen molar-refractivity contribution in [2.75, 3.05) is 0 Å². The van der Waals surface area contributed by atoms with Gasteiger partial charge in [0.15, 0.2) is 0 Å². The van der Waals surface area contributed by atoms with Gasteiger partial charge in [-0.25, -0.2) is 8.78 Å². The molecule has 0 spiro atoms. The van der Waals surface area contributed by atoms with Crippen molar-refractivity contribution in [3.05, 3.63) is 0 Å². The highest BCUT2D eigenvalue weighted by atomic mass is 32.2. The molecule has 0 N–H and O–H groups in total. The van der Waals surface area contributed by atoms with Gasteiger partial charge >= 0.3 is 5.97 Å². The lowest BCUT2D eigenvalue weighted by atomic mass is 9.80. The monoisotopic (exact) mass is 351 g/mol. The van der Waals surface area contributed by atoms with Crippen LogP contribution in [0.25, 0.3) is 0 Å². The average Bonchev–Trinajstić information content (AvgIpc) is 2.42. The number of hydrogen-bond acceptors (Lipinski definition) is 4. The lowest BCUT2D eigenvalue weighted by Gasteiger charge is -2.28. The van der Waals surface area contributed by atoms with Gasteiger partial charge in [-0.05, 0) is 60.3 Å². The van der Waals surface area contributed by atoms with E-state index in [0.717, 1.165) is 0 Å². The van der Waals surface area contributed by atoms with Crippen LogP contribution in [0.1, 0.15) is 60.3 Å². The number of alkyl halides is 2. The van der Waals surface area contributed by atoms with Crippen LogP contribution in [0.2, 0.25) is 0 Å². The predicted molar refractivity (Wildman–Crippen MR) is 88.0 cm³/mol. The fourth-order valence-corrected chi connectivity index (χ4v) is 3.17. The van der Waals surface area contributed by atoms with Gasteiger partial charge in [0.2, 0.25) is 0 Å². The smallest absolute Gasteiger partial charge is 0.309 e. The Labute approximate surface area is 140 Å². The van der Waals surface area contributed by atoms with E-state index < -0.39 is 28.5 Å². The molecule has 1 fully saturated rings. The zero-order valence-corrected chi connectivity index (χ0v) is 15.3. The predicted octanol–water partition coefficient (Wildman–Crippen LogP) is 3.91. The molecule has 134 valence electrons. The first-order chi connectivity index (χ1) is 10.5. The Bertz CT molecular complexity index is 428. The van der Waals surface area contributed by atoms with E-state index in [2.05, 4.69) is 4.40 Å². The van der Waals surface area contributed by atoms with Crippen LogP contribution in [0.4, 0.5) is 8.78 Å². The molecule has 1 aliphatic rings. The fraction of sp³-hybridized carbons (Fsp3) is 0.875. The third kappa shape index (κ3) is 6.37. The minimum atomic E-state index is -2.72. The molecule has 0 bridgehead atoms. The van der Waals surface area contributed by atoms with Crippen molar-refractivity contribution in [1.82, 2.24) is 0 Å². The number of ether oxygens (including phenoxy) is 1. The summed E-state index contributed by atoms with van der Waals surface area (Å²) in [5.41, 5.74) is -0.283. The molecule has 0 amide bonds. The molecule has 1 aliphatic carbocycles. The molecule has 23 heavy (non-hydrogen) atoms. The standard InChI is InChI=1S/C16H27F2NO3S/c1-10(2)22-15(20)12-8-6-11(7-9-12)13(14(17)18)19-23(21)16(3,4)5/h10-12,14H,6-9H2,1-5H3/t11?,12?,23-/m0/s1. The number of carbonyl (C=O) groups excluding carboxylic acids is 1. The zero-order chi connectivity index (χ0) is 17.8. The molecule has 0 radical (unpaired) electrons. The van der Waals surface area contributed by atoms with E-state index in [1.165, 1.54) is 0 Å². The molecule has 0 aliphatic heterocycles. The summed E-state index contributed by atoms with van der Waals surface area (Å²) >= 11 is -1.70. The largest absolute Gasteiger partial charge is 0.591 e. The van der Waals surface area contributed by atoms with Gasteiger partial charge in [-0.15, -0.1) is 0 Å². The topological polar surface area (TPSA) is 61.7 Å². The van der Waals surface area contributed by atoms with Gasteiger partial charge in [0, 0.05) is 5.92 Å². The first-order valence-electron chi connectivity index (χ1n) is 8.01. The van der Waals surface area contributed by atoms with Crippen LogP contribution in [-0.2, 0) is 20.9 Å². The summed E-state index contributed by atoms with van der Waals surface area (Å²) < 4.78 is 47.0. The van der Waals surface area contributed by atoms with Gasteiger partial charge in [0.1, 0.15) is 21.8 Å². The minimum absolute atomic E-state index is 0.174. The van der Waals surface area contributed by atoms with Crippen molar-refractivity contribution in [3.8, 4) is 0 Å². The lowest BCUT2D eigenvalue weighted by Crippen LogP contribution is -2.33. The number of esters is 1. The molecule has 0 aromatic heterocycles. The molecule has 0 aromatic rings. The maximum absolute atomic E-state index is 13.3. The Hall–Kier alpha value is -0.690. The number of halogens is 2. The summed E-state index contributed by atoms with van der Waals surface area (Å²) in [6, 6.07) is 0. The molecule has 4 nitrogen and oxygen atoms in total. The van der Waals surface area contributed by atoms with Gasteiger partial charge in [0.05, 0.1) is 12.0 Å². The van der Waals surface area contributed by atoms with Crippen LogP contribution in [0, 0.1) is 11.8 Å². The molecule has 0 heterocycles. The number of rotatable bonds is 5. The lowest BCUT2D eigenvalue weighted by molar-refractivity contribution is -0.153. The molecule has 7 heteroatoms. The third-order valence-electron chi connectivity index (χ3n) is 3.77. The molecule has 1 saturated carbocycles. The Kier molecular flexibility index (Phi) is 7.45. The van der Waals surface area contributed by atoms with Crippen molar-refractivity contribution in [2.45, 2.75) is 77.6 Å². The van der Waals surface area contributed by atoms with E-state index in [1.807, 2.05) is 0 Å². The van der Waals surface area contributed by atoms with Crippen molar-refractivity contribution >= 4 is 23.0 Å². The van der Waals surface area contributed by atoms with Crippen molar-refractivity contribution < 1.29 is 22.9 Å². The molecule has 0 unspecified atom stereocenters. The molecule has 1 atom stereocenters. The van der Waals surface area contributed by atoms with E-state index >= 15 is 0 Å². The first kappa shape index (κ1) is 20.4. The Balaban J connectivity index is 2.72. The number of carbonyl (C=O) groups is 1. The Morgan fingerprint density at radius 1 is 1.17 bits per heavy atom. The van der Waals surface area contributed by atoms with Gasteiger partial charge in [-0.3, -0.25) is 4.79 Å². The van der Waals surface area contributed by atoms with E-state index in [-0.39, 0.29) is 23.7 Å². The quantitative estimate of drug-likeness (QED) is 0.428. The van der Waals surface area contributed by atoms with Crippen LogP contribution in [0.5, 0.6) is 0 Å². The highest BCUT2D eigenvalue weighted by molar-refractivity contribution is 7.91. The minimum Gasteiger partial charge on any atom is -0.591 e. The maximum Gasteiger partial charge on any atom is 0.309 e. The molecule has 0 aromatic carbocycles. The highest BCUT2D eigenvalue weighted by Crippen LogP contribution is 2.33. The summed E-state index contributed by atoms with van der Waals surface area (Å²) in [6.45, 7) is 8.68. The molecular formula is C16H27F2NO3S. The molecular weight excluding hydrogens is 324 g/mol. The average molecular weight is 351 g/mol. The van der Waals surface area contributed by atoms with Crippen LogP contribution in [-0.4, -0.2) is 33.5 Å². The van der Waals surface area contributed by atoms with Crippen LogP contribution >= 0.6 is 0 Å². The zero-order valence-electron chi connectivity index (χ0n) is 14.5. The normalized spacial score (nSPS) is 24.9. The summed E-state index contributed by atoms with van der Waals surface area (Å²) in [5.74, 6) is -0.905. The van der Waals surface area contributed by atoms with Gasteiger partial charge in [0.25, 0.3) is 6.43 Å². The Morgan fingerprint density at radius 3 is 2.04 bits per heavy atom. The van der Waals surface area contributed by atoms with E-state index in [4.69, 9.17) is 4.74 Å².